The Morgan fingerprint density at radius 1 is 0.868 bits per heavy atom. The first-order valence-electron chi connectivity index (χ1n) is 11.5. The Morgan fingerprint density at radius 3 is 2.21 bits per heavy atom. The molecular formula is C26H31N3O7S2. The van der Waals surface area contributed by atoms with Gasteiger partial charge in [0.25, 0.3) is 10.0 Å². The van der Waals surface area contributed by atoms with Gasteiger partial charge >= 0.3 is 0 Å². The van der Waals surface area contributed by atoms with Gasteiger partial charge in [-0.2, -0.15) is 0 Å². The molecule has 3 aromatic rings. The maximum Gasteiger partial charge on any atom is 0.268 e. The van der Waals surface area contributed by atoms with Crippen LogP contribution < -0.4 is 19.1 Å². The molecule has 0 aliphatic rings. The zero-order valence-corrected chi connectivity index (χ0v) is 23.7. The Balaban J connectivity index is 2.05. The minimum absolute atomic E-state index is 0.00910. The number of hydrogen-bond donors (Lipinski definition) is 1. The molecule has 0 saturated carbocycles. The molecule has 0 fully saturated rings. The van der Waals surface area contributed by atoms with Crippen molar-refractivity contribution >= 4 is 37.3 Å². The summed E-state index contributed by atoms with van der Waals surface area (Å²) in [6.07, 6.45) is 0. The number of hydrogen-bond acceptors (Lipinski definition) is 7. The summed E-state index contributed by atoms with van der Waals surface area (Å²) >= 11 is 0. The molecule has 204 valence electrons. The fraction of sp³-hybridized carbons (Fsp3) is 0.269. The van der Waals surface area contributed by atoms with E-state index in [0.717, 1.165) is 8.61 Å². The van der Waals surface area contributed by atoms with Crippen molar-refractivity contribution in [2.75, 3.05) is 44.5 Å². The van der Waals surface area contributed by atoms with E-state index < -0.39 is 32.5 Å². The molecule has 3 aromatic carbocycles. The van der Waals surface area contributed by atoms with E-state index in [1.54, 1.807) is 50.2 Å². The van der Waals surface area contributed by atoms with Gasteiger partial charge in [0.05, 0.1) is 24.8 Å². The summed E-state index contributed by atoms with van der Waals surface area (Å²) in [6, 6.07) is 15.4. The molecule has 0 aliphatic carbocycles. The van der Waals surface area contributed by atoms with Gasteiger partial charge in [-0.1, -0.05) is 18.2 Å². The third kappa shape index (κ3) is 6.09. The molecule has 1 amide bonds. The number of nitrogens with zero attached hydrogens (tertiary/aromatic N) is 2. The predicted molar refractivity (Wildman–Crippen MR) is 146 cm³/mol. The van der Waals surface area contributed by atoms with Crippen LogP contribution in [-0.2, 0) is 24.8 Å². The molecule has 1 N–H and O–H groups in total. The Hall–Kier alpha value is -3.61. The maximum absolute atomic E-state index is 13.9. The van der Waals surface area contributed by atoms with E-state index in [1.807, 2.05) is 0 Å². The van der Waals surface area contributed by atoms with Gasteiger partial charge in [0.15, 0.2) is 0 Å². The first-order valence-corrected chi connectivity index (χ1v) is 14.3. The molecule has 0 spiro atoms. The first kappa shape index (κ1) is 29.0. The zero-order chi connectivity index (χ0) is 28.3. The van der Waals surface area contributed by atoms with Gasteiger partial charge in [0, 0.05) is 25.8 Å². The van der Waals surface area contributed by atoms with Crippen molar-refractivity contribution in [1.82, 2.24) is 4.31 Å². The molecule has 0 saturated heterocycles. The SMILES string of the molecule is COc1cccc(N(CC(=O)Nc2cc(S(=O)(=O)N(C)C)ccc2C)S(=O)(=O)c2cc(C)ccc2OC)c1. The Kier molecular flexibility index (Phi) is 8.70. The van der Waals surface area contributed by atoms with Crippen LogP contribution in [0.15, 0.2) is 70.5 Å². The van der Waals surface area contributed by atoms with Crippen LogP contribution in [0.5, 0.6) is 11.5 Å². The van der Waals surface area contributed by atoms with E-state index in [9.17, 15) is 21.6 Å². The van der Waals surface area contributed by atoms with Crippen molar-refractivity contribution in [1.29, 1.82) is 0 Å². The molecule has 3 rings (SSSR count). The van der Waals surface area contributed by atoms with Crippen molar-refractivity contribution in [2.45, 2.75) is 23.6 Å². The summed E-state index contributed by atoms with van der Waals surface area (Å²) in [7, 11) is -2.42. The summed E-state index contributed by atoms with van der Waals surface area (Å²) in [5.74, 6) is -0.149. The number of nitrogens with one attached hydrogen (secondary N) is 1. The molecule has 0 aliphatic heterocycles. The molecule has 0 unspecified atom stereocenters. The summed E-state index contributed by atoms with van der Waals surface area (Å²) < 4.78 is 65.6. The van der Waals surface area contributed by atoms with Gasteiger partial charge in [-0.25, -0.2) is 21.1 Å². The number of methoxy groups -OCH3 is 2. The number of amides is 1. The second kappa shape index (κ2) is 11.4. The van der Waals surface area contributed by atoms with Gasteiger partial charge < -0.3 is 14.8 Å². The molecule has 10 nitrogen and oxygen atoms in total. The Labute approximate surface area is 223 Å². The Bertz CT molecular complexity index is 1550. The topological polar surface area (TPSA) is 122 Å². The number of carbonyl (C=O) groups excluding carboxylic acids is 1. The van der Waals surface area contributed by atoms with Crippen LogP contribution in [-0.4, -0.2) is 61.9 Å². The van der Waals surface area contributed by atoms with Crippen LogP contribution in [0.1, 0.15) is 11.1 Å². The average Bonchev–Trinajstić information content (AvgIpc) is 2.88. The molecule has 38 heavy (non-hydrogen) atoms. The predicted octanol–water partition coefficient (Wildman–Crippen LogP) is 3.40. The average molecular weight is 562 g/mol. The van der Waals surface area contributed by atoms with Crippen LogP contribution in [0.2, 0.25) is 0 Å². The van der Waals surface area contributed by atoms with Crippen LogP contribution in [0, 0.1) is 13.8 Å². The summed E-state index contributed by atoms with van der Waals surface area (Å²) in [6.45, 7) is 2.85. The number of ether oxygens (including phenoxy) is 2. The lowest BCUT2D eigenvalue weighted by molar-refractivity contribution is -0.114. The summed E-state index contributed by atoms with van der Waals surface area (Å²) in [4.78, 5) is 13.1. The Morgan fingerprint density at radius 2 is 1.58 bits per heavy atom. The molecule has 0 bridgehead atoms. The van der Waals surface area contributed by atoms with Crippen molar-refractivity contribution < 1.29 is 31.1 Å². The van der Waals surface area contributed by atoms with Crippen LogP contribution in [0.25, 0.3) is 0 Å². The van der Waals surface area contributed by atoms with Gasteiger partial charge in [-0.3, -0.25) is 9.10 Å². The molecule has 0 heterocycles. The van der Waals surface area contributed by atoms with E-state index >= 15 is 0 Å². The fourth-order valence-corrected chi connectivity index (χ4v) is 6.20. The van der Waals surface area contributed by atoms with Gasteiger partial charge in [-0.15, -0.1) is 0 Å². The molecule has 0 radical (unpaired) electrons. The van der Waals surface area contributed by atoms with Crippen molar-refractivity contribution in [2.24, 2.45) is 0 Å². The highest BCUT2D eigenvalue weighted by molar-refractivity contribution is 7.93. The first-order chi connectivity index (χ1) is 17.8. The summed E-state index contributed by atoms with van der Waals surface area (Å²) in [5.41, 5.74) is 1.74. The minimum atomic E-state index is -4.30. The van der Waals surface area contributed by atoms with Crippen LogP contribution in [0.3, 0.4) is 0 Å². The van der Waals surface area contributed by atoms with Crippen LogP contribution >= 0.6 is 0 Å². The lowest BCUT2D eigenvalue weighted by atomic mass is 10.2. The van der Waals surface area contributed by atoms with Gasteiger partial charge in [0.2, 0.25) is 15.9 Å². The fourth-order valence-electron chi connectivity index (χ4n) is 3.61. The number of benzene rings is 3. The quantitative estimate of drug-likeness (QED) is 0.403. The lowest BCUT2D eigenvalue weighted by Gasteiger charge is -2.25. The van der Waals surface area contributed by atoms with Crippen molar-refractivity contribution in [3.8, 4) is 11.5 Å². The lowest BCUT2D eigenvalue weighted by Crippen LogP contribution is -2.38. The van der Waals surface area contributed by atoms with Crippen LogP contribution in [0.4, 0.5) is 11.4 Å². The van der Waals surface area contributed by atoms with E-state index in [-0.39, 0.29) is 26.9 Å². The van der Waals surface area contributed by atoms with Gasteiger partial charge in [-0.05, 0) is 61.4 Å². The normalized spacial score (nSPS) is 11.8. The maximum atomic E-state index is 13.9. The molecule has 0 atom stereocenters. The highest BCUT2D eigenvalue weighted by atomic mass is 32.2. The number of carbonyl (C=O) groups is 1. The summed E-state index contributed by atoms with van der Waals surface area (Å²) in [5, 5.41) is 2.66. The molecule has 12 heteroatoms. The van der Waals surface area contributed by atoms with Gasteiger partial charge in [0.1, 0.15) is 22.9 Å². The zero-order valence-electron chi connectivity index (χ0n) is 22.0. The van der Waals surface area contributed by atoms with E-state index in [4.69, 9.17) is 9.47 Å². The van der Waals surface area contributed by atoms with E-state index in [2.05, 4.69) is 5.32 Å². The number of aryl methyl sites for hydroxylation is 2. The van der Waals surface area contributed by atoms with E-state index in [0.29, 0.717) is 16.9 Å². The second-order valence-corrected chi connectivity index (χ2v) is 12.7. The standard InChI is InChI=1S/C26H31N3O7S2/c1-18-10-13-24(36-6)25(14-18)38(33,34)29(20-8-7-9-21(15-20)35-5)17-26(30)27-23-16-22(12-11-19(23)2)37(31,32)28(3)4/h7-16H,17H2,1-6H3,(H,27,30). The number of anilines is 2. The molecular weight excluding hydrogens is 530 g/mol. The third-order valence-electron chi connectivity index (χ3n) is 5.78. The highest BCUT2D eigenvalue weighted by Crippen LogP contribution is 2.32. The van der Waals surface area contributed by atoms with Crippen molar-refractivity contribution in [3.63, 3.8) is 0 Å². The monoisotopic (exact) mass is 561 g/mol. The highest BCUT2D eigenvalue weighted by Gasteiger charge is 2.31. The smallest absolute Gasteiger partial charge is 0.268 e. The van der Waals surface area contributed by atoms with Crippen molar-refractivity contribution in [3.05, 3.63) is 71.8 Å². The number of sulfonamides is 2. The molecule has 0 aromatic heterocycles. The minimum Gasteiger partial charge on any atom is -0.497 e. The van der Waals surface area contributed by atoms with E-state index in [1.165, 1.54) is 52.6 Å². The largest absolute Gasteiger partial charge is 0.497 e. The second-order valence-electron chi connectivity index (χ2n) is 8.68. The third-order valence-corrected chi connectivity index (χ3v) is 9.38. The number of rotatable bonds is 10.